The molecule has 0 radical (unpaired) electrons. The van der Waals surface area contributed by atoms with Crippen LogP contribution in [0.25, 0.3) is 0 Å². The van der Waals surface area contributed by atoms with E-state index < -0.39 is 0 Å². The van der Waals surface area contributed by atoms with E-state index in [1.165, 1.54) is 31.4 Å². The molecule has 3 heteroatoms. The Morgan fingerprint density at radius 1 is 1.10 bits per heavy atom. The van der Waals surface area contributed by atoms with Crippen LogP contribution in [0.15, 0.2) is 12.3 Å². The van der Waals surface area contributed by atoms with Crippen LogP contribution in [0.1, 0.15) is 78.0 Å². The molecule has 1 aromatic heterocycles. The first kappa shape index (κ1) is 17.2. The number of aromatic nitrogens is 2. The number of nitrogens with one attached hydrogen (secondary N) is 1. The van der Waals surface area contributed by atoms with Crippen LogP contribution in [0, 0.1) is 0 Å². The molecule has 1 rings (SSSR count). The fourth-order valence-electron chi connectivity index (χ4n) is 2.74. The third-order valence-corrected chi connectivity index (χ3v) is 4.05. The first-order chi connectivity index (χ1) is 9.74. The van der Waals surface area contributed by atoms with Crippen molar-refractivity contribution in [3.05, 3.63) is 18.0 Å². The minimum absolute atomic E-state index is 0.563. The van der Waals surface area contributed by atoms with Gasteiger partial charge in [-0.15, -0.1) is 0 Å². The van der Waals surface area contributed by atoms with Gasteiger partial charge in [-0.05, 0) is 51.1 Å². The molecule has 0 fully saturated rings. The quantitative estimate of drug-likeness (QED) is 0.653. The zero-order valence-corrected chi connectivity index (χ0v) is 13.9. The summed E-state index contributed by atoms with van der Waals surface area (Å²) < 4.78 is 2.16. The number of rotatable bonds is 11. The van der Waals surface area contributed by atoms with E-state index >= 15 is 0 Å². The molecular weight excluding hydrogens is 246 g/mol. The number of aryl methyl sites for hydroxylation is 1. The summed E-state index contributed by atoms with van der Waals surface area (Å²) in [7, 11) is 0. The normalized spacial score (nSPS) is 13.1. The van der Waals surface area contributed by atoms with Gasteiger partial charge in [-0.1, -0.05) is 34.1 Å². The highest BCUT2D eigenvalue weighted by Gasteiger charge is 2.10. The molecule has 1 aromatic rings. The van der Waals surface area contributed by atoms with Gasteiger partial charge in [0.25, 0.3) is 0 Å². The standard InChI is InChI=1S/C17H33N3/c1-5-9-15(18-13-6-2)10-11-16-12-14-20(19-16)17(7-3)8-4/h12,14-15,17-18H,5-11,13H2,1-4H3. The van der Waals surface area contributed by atoms with Gasteiger partial charge in [0.05, 0.1) is 11.7 Å². The molecule has 0 spiro atoms. The Balaban J connectivity index is 2.46. The van der Waals surface area contributed by atoms with Crippen LogP contribution in [-0.4, -0.2) is 22.4 Å². The Morgan fingerprint density at radius 3 is 2.45 bits per heavy atom. The highest BCUT2D eigenvalue weighted by Crippen LogP contribution is 2.15. The van der Waals surface area contributed by atoms with Crippen molar-refractivity contribution in [2.45, 2.75) is 84.7 Å². The topological polar surface area (TPSA) is 29.9 Å². The molecule has 3 nitrogen and oxygen atoms in total. The lowest BCUT2D eigenvalue weighted by Crippen LogP contribution is -2.30. The third-order valence-electron chi connectivity index (χ3n) is 4.05. The van der Waals surface area contributed by atoms with Crippen molar-refractivity contribution >= 4 is 0 Å². The molecule has 0 aromatic carbocycles. The molecule has 1 unspecified atom stereocenters. The molecule has 116 valence electrons. The summed E-state index contributed by atoms with van der Waals surface area (Å²) in [5.74, 6) is 0. The van der Waals surface area contributed by atoms with Crippen molar-refractivity contribution in [2.75, 3.05) is 6.54 Å². The Morgan fingerprint density at radius 2 is 1.85 bits per heavy atom. The van der Waals surface area contributed by atoms with Gasteiger partial charge in [-0.2, -0.15) is 5.10 Å². The summed E-state index contributed by atoms with van der Waals surface area (Å²) in [5, 5.41) is 8.41. The second kappa shape index (κ2) is 9.98. The Bertz CT molecular complexity index is 342. The van der Waals surface area contributed by atoms with E-state index in [-0.39, 0.29) is 0 Å². The van der Waals surface area contributed by atoms with E-state index in [9.17, 15) is 0 Å². The zero-order chi connectivity index (χ0) is 14.8. The van der Waals surface area contributed by atoms with Crippen LogP contribution in [0.4, 0.5) is 0 Å². The Labute approximate surface area is 125 Å². The van der Waals surface area contributed by atoms with Crippen LogP contribution in [0.2, 0.25) is 0 Å². The highest BCUT2D eigenvalue weighted by atomic mass is 15.3. The molecule has 20 heavy (non-hydrogen) atoms. The monoisotopic (exact) mass is 279 g/mol. The van der Waals surface area contributed by atoms with Crippen molar-refractivity contribution in [3.63, 3.8) is 0 Å². The van der Waals surface area contributed by atoms with Crippen LogP contribution in [0.5, 0.6) is 0 Å². The summed E-state index contributed by atoms with van der Waals surface area (Å²) in [5.41, 5.74) is 1.25. The summed E-state index contributed by atoms with van der Waals surface area (Å²) in [4.78, 5) is 0. The van der Waals surface area contributed by atoms with E-state index in [0.717, 1.165) is 25.8 Å². The average Bonchev–Trinajstić information content (AvgIpc) is 2.92. The Kier molecular flexibility index (Phi) is 8.59. The predicted octanol–water partition coefficient (Wildman–Crippen LogP) is 4.35. The molecular formula is C17H33N3. The molecule has 1 atom stereocenters. The van der Waals surface area contributed by atoms with Crippen molar-refractivity contribution in [2.24, 2.45) is 0 Å². The first-order valence-corrected chi connectivity index (χ1v) is 8.52. The average molecular weight is 279 g/mol. The van der Waals surface area contributed by atoms with E-state index in [4.69, 9.17) is 5.10 Å². The lowest BCUT2D eigenvalue weighted by atomic mass is 10.0. The SMILES string of the molecule is CCCNC(CCC)CCc1ccn(C(CC)CC)n1. The molecule has 0 saturated carbocycles. The molecule has 0 saturated heterocycles. The zero-order valence-electron chi connectivity index (χ0n) is 13.9. The second-order valence-corrected chi connectivity index (χ2v) is 5.74. The number of nitrogens with zero attached hydrogens (tertiary/aromatic N) is 2. The number of hydrogen-bond acceptors (Lipinski definition) is 2. The van der Waals surface area contributed by atoms with Crippen molar-refractivity contribution in [3.8, 4) is 0 Å². The summed E-state index contributed by atoms with van der Waals surface area (Å²) in [6.07, 6.45) is 10.5. The fourth-order valence-corrected chi connectivity index (χ4v) is 2.74. The van der Waals surface area contributed by atoms with Gasteiger partial charge in [0.2, 0.25) is 0 Å². The van der Waals surface area contributed by atoms with E-state index in [2.05, 4.69) is 50.0 Å². The Hall–Kier alpha value is -0.830. The smallest absolute Gasteiger partial charge is 0.0625 e. The van der Waals surface area contributed by atoms with Gasteiger partial charge in [0.1, 0.15) is 0 Å². The van der Waals surface area contributed by atoms with Crippen LogP contribution in [0.3, 0.4) is 0 Å². The van der Waals surface area contributed by atoms with Gasteiger partial charge < -0.3 is 5.32 Å². The molecule has 1 heterocycles. The molecule has 1 N–H and O–H groups in total. The van der Waals surface area contributed by atoms with Crippen LogP contribution < -0.4 is 5.32 Å². The minimum Gasteiger partial charge on any atom is -0.314 e. The van der Waals surface area contributed by atoms with E-state index in [0.29, 0.717) is 12.1 Å². The first-order valence-electron chi connectivity index (χ1n) is 8.52. The van der Waals surface area contributed by atoms with E-state index in [1.54, 1.807) is 0 Å². The van der Waals surface area contributed by atoms with Crippen LogP contribution >= 0.6 is 0 Å². The van der Waals surface area contributed by atoms with Gasteiger partial charge in [-0.25, -0.2) is 0 Å². The molecule has 0 aliphatic rings. The predicted molar refractivity (Wildman–Crippen MR) is 87.2 cm³/mol. The van der Waals surface area contributed by atoms with Gasteiger partial charge in [-0.3, -0.25) is 4.68 Å². The molecule has 0 bridgehead atoms. The maximum absolute atomic E-state index is 4.75. The minimum atomic E-state index is 0.563. The van der Waals surface area contributed by atoms with E-state index in [1.807, 2.05) is 0 Å². The molecule has 0 amide bonds. The summed E-state index contributed by atoms with van der Waals surface area (Å²) in [6.45, 7) is 10.1. The molecule has 0 aliphatic carbocycles. The lowest BCUT2D eigenvalue weighted by Gasteiger charge is -2.17. The summed E-state index contributed by atoms with van der Waals surface area (Å²) in [6, 6.07) is 3.41. The molecule has 0 aliphatic heterocycles. The van der Waals surface area contributed by atoms with Crippen molar-refractivity contribution < 1.29 is 0 Å². The second-order valence-electron chi connectivity index (χ2n) is 5.74. The number of hydrogen-bond donors (Lipinski definition) is 1. The van der Waals surface area contributed by atoms with Gasteiger partial charge >= 0.3 is 0 Å². The third kappa shape index (κ3) is 5.66. The lowest BCUT2D eigenvalue weighted by molar-refractivity contribution is 0.419. The summed E-state index contributed by atoms with van der Waals surface area (Å²) >= 11 is 0. The maximum Gasteiger partial charge on any atom is 0.0625 e. The largest absolute Gasteiger partial charge is 0.314 e. The van der Waals surface area contributed by atoms with Crippen molar-refractivity contribution in [1.29, 1.82) is 0 Å². The fraction of sp³-hybridized carbons (Fsp3) is 0.824. The van der Waals surface area contributed by atoms with Gasteiger partial charge in [0.15, 0.2) is 0 Å². The van der Waals surface area contributed by atoms with Crippen LogP contribution in [-0.2, 0) is 6.42 Å². The van der Waals surface area contributed by atoms with Crippen molar-refractivity contribution in [1.82, 2.24) is 15.1 Å². The van der Waals surface area contributed by atoms with Gasteiger partial charge in [0, 0.05) is 12.2 Å². The highest BCUT2D eigenvalue weighted by molar-refractivity contribution is 5.00. The maximum atomic E-state index is 4.75.